The average molecular weight is 236 g/mol. The average Bonchev–Trinajstić information content (AvgIpc) is 2.24. The van der Waals surface area contributed by atoms with Gasteiger partial charge in [-0.1, -0.05) is 0 Å². The van der Waals surface area contributed by atoms with Gasteiger partial charge in [-0.15, -0.1) is 0 Å². The van der Waals surface area contributed by atoms with Gasteiger partial charge in [-0.05, 0) is 56.9 Å². The number of anilines is 1. The van der Waals surface area contributed by atoms with Crippen molar-refractivity contribution in [1.29, 1.82) is 0 Å². The zero-order valence-electron chi connectivity index (χ0n) is 11.3. The fourth-order valence-electron chi connectivity index (χ4n) is 2.03. The maximum atomic E-state index is 5.71. The third-order valence-corrected chi connectivity index (χ3v) is 2.83. The van der Waals surface area contributed by atoms with E-state index in [9.17, 15) is 0 Å². The third kappa shape index (κ3) is 4.27. The topological polar surface area (TPSA) is 47.3 Å². The summed E-state index contributed by atoms with van der Waals surface area (Å²) < 4.78 is 5.34. The van der Waals surface area contributed by atoms with Gasteiger partial charge in [0, 0.05) is 18.3 Å². The monoisotopic (exact) mass is 236 g/mol. The number of nitrogens with two attached hydrogens (primary N) is 1. The van der Waals surface area contributed by atoms with E-state index in [1.54, 1.807) is 7.11 Å². The second-order valence-electron chi connectivity index (χ2n) is 4.69. The van der Waals surface area contributed by atoms with Crippen molar-refractivity contribution in [3.05, 3.63) is 23.3 Å². The van der Waals surface area contributed by atoms with Gasteiger partial charge in [-0.25, -0.2) is 0 Å². The van der Waals surface area contributed by atoms with Gasteiger partial charge in [-0.2, -0.15) is 0 Å². The fourth-order valence-corrected chi connectivity index (χ4v) is 2.03. The minimum Gasteiger partial charge on any atom is -0.496 e. The SMILES string of the molecule is COc1c(C)cc(NCCCC(C)N)cc1C. The van der Waals surface area contributed by atoms with E-state index in [0.717, 1.165) is 30.8 Å². The van der Waals surface area contributed by atoms with Gasteiger partial charge in [0.1, 0.15) is 5.75 Å². The molecule has 3 heteroatoms. The first-order valence-electron chi connectivity index (χ1n) is 6.19. The summed E-state index contributed by atoms with van der Waals surface area (Å²) in [5.74, 6) is 0.978. The molecule has 1 aromatic rings. The first-order valence-corrected chi connectivity index (χ1v) is 6.19. The molecule has 1 aromatic carbocycles. The van der Waals surface area contributed by atoms with E-state index in [1.165, 1.54) is 11.1 Å². The Labute approximate surface area is 104 Å². The number of ether oxygens (including phenoxy) is 1. The Morgan fingerprint density at radius 2 is 1.88 bits per heavy atom. The Kier molecular flexibility index (Phi) is 5.29. The van der Waals surface area contributed by atoms with Gasteiger partial charge in [0.2, 0.25) is 0 Å². The van der Waals surface area contributed by atoms with Crippen molar-refractivity contribution in [3.63, 3.8) is 0 Å². The smallest absolute Gasteiger partial charge is 0.124 e. The van der Waals surface area contributed by atoms with Crippen LogP contribution in [0.3, 0.4) is 0 Å². The second kappa shape index (κ2) is 6.50. The quantitative estimate of drug-likeness (QED) is 0.747. The second-order valence-corrected chi connectivity index (χ2v) is 4.69. The van der Waals surface area contributed by atoms with Crippen LogP contribution >= 0.6 is 0 Å². The van der Waals surface area contributed by atoms with Gasteiger partial charge in [0.05, 0.1) is 7.11 Å². The van der Waals surface area contributed by atoms with Gasteiger partial charge in [0.25, 0.3) is 0 Å². The van der Waals surface area contributed by atoms with Crippen LogP contribution < -0.4 is 15.8 Å². The van der Waals surface area contributed by atoms with Crippen LogP contribution in [0.5, 0.6) is 5.75 Å². The molecule has 0 saturated carbocycles. The first-order chi connectivity index (χ1) is 8.04. The number of methoxy groups -OCH3 is 1. The maximum absolute atomic E-state index is 5.71. The van der Waals surface area contributed by atoms with Crippen molar-refractivity contribution in [3.8, 4) is 5.75 Å². The molecule has 0 saturated heterocycles. The van der Waals surface area contributed by atoms with Crippen molar-refractivity contribution in [2.24, 2.45) is 5.73 Å². The lowest BCUT2D eigenvalue weighted by Gasteiger charge is -2.13. The highest BCUT2D eigenvalue weighted by molar-refractivity contribution is 5.55. The fraction of sp³-hybridized carbons (Fsp3) is 0.571. The first kappa shape index (κ1) is 13.8. The number of nitrogens with one attached hydrogen (secondary N) is 1. The molecule has 0 aliphatic rings. The molecule has 1 atom stereocenters. The van der Waals surface area contributed by atoms with Crippen LogP contribution in [0.25, 0.3) is 0 Å². The van der Waals surface area contributed by atoms with Crippen molar-refractivity contribution in [1.82, 2.24) is 0 Å². The van der Waals surface area contributed by atoms with Crippen LogP contribution in [-0.2, 0) is 0 Å². The van der Waals surface area contributed by atoms with E-state index in [4.69, 9.17) is 10.5 Å². The molecule has 0 heterocycles. The Bertz CT molecular complexity index is 338. The molecule has 0 bridgehead atoms. The Hall–Kier alpha value is -1.22. The number of benzene rings is 1. The molecule has 96 valence electrons. The summed E-state index contributed by atoms with van der Waals surface area (Å²) in [6.07, 6.45) is 2.16. The highest BCUT2D eigenvalue weighted by Gasteiger charge is 2.04. The molecule has 0 aliphatic carbocycles. The molecule has 0 amide bonds. The summed E-state index contributed by atoms with van der Waals surface area (Å²) in [6.45, 7) is 7.15. The van der Waals surface area contributed by atoms with Crippen molar-refractivity contribution in [2.75, 3.05) is 19.0 Å². The Morgan fingerprint density at radius 3 is 2.35 bits per heavy atom. The van der Waals surface area contributed by atoms with Crippen LogP contribution in [0.1, 0.15) is 30.9 Å². The standard InChI is InChI=1S/C14H24N2O/c1-10-8-13(9-11(2)14(10)17-4)16-7-5-6-12(3)15/h8-9,12,16H,5-7,15H2,1-4H3. The molecule has 0 spiro atoms. The highest BCUT2D eigenvalue weighted by atomic mass is 16.5. The number of rotatable bonds is 6. The third-order valence-electron chi connectivity index (χ3n) is 2.83. The summed E-state index contributed by atoms with van der Waals surface area (Å²) in [7, 11) is 1.71. The number of hydrogen-bond donors (Lipinski definition) is 2. The molecular weight excluding hydrogens is 212 g/mol. The zero-order chi connectivity index (χ0) is 12.8. The lowest BCUT2D eigenvalue weighted by atomic mass is 10.1. The van der Waals surface area contributed by atoms with Gasteiger partial charge >= 0.3 is 0 Å². The Morgan fingerprint density at radius 1 is 1.29 bits per heavy atom. The predicted octanol–water partition coefficient (Wildman–Crippen LogP) is 2.85. The van der Waals surface area contributed by atoms with Gasteiger partial charge in [-0.3, -0.25) is 0 Å². The molecule has 3 nitrogen and oxygen atoms in total. The largest absolute Gasteiger partial charge is 0.496 e. The summed E-state index contributed by atoms with van der Waals surface area (Å²) in [4.78, 5) is 0. The summed E-state index contributed by atoms with van der Waals surface area (Å²) in [5, 5.41) is 3.42. The summed E-state index contributed by atoms with van der Waals surface area (Å²) in [5.41, 5.74) is 9.21. The predicted molar refractivity (Wildman–Crippen MR) is 73.8 cm³/mol. The number of hydrogen-bond acceptors (Lipinski definition) is 3. The minimum atomic E-state index is 0.288. The minimum absolute atomic E-state index is 0.288. The van der Waals surface area contributed by atoms with Gasteiger partial charge in [0.15, 0.2) is 0 Å². The van der Waals surface area contributed by atoms with Crippen LogP contribution in [0.15, 0.2) is 12.1 Å². The van der Waals surface area contributed by atoms with Crippen molar-refractivity contribution >= 4 is 5.69 Å². The van der Waals surface area contributed by atoms with Crippen LogP contribution in [0, 0.1) is 13.8 Å². The summed E-state index contributed by atoms with van der Waals surface area (Å²) in [6, 6.07) is 4.53. The lowest BCUT2D eigenvalue weighted by Crippen LogP contribution is -2.16. The van der Waals surface area contributed by atoms with E-state index in [2.05, 4.69) is 31.3 Å². The molecular formula is C14H24N2O. The molecule has 3 N–H and O–H groups in total. The van der Waals surface area contributed by atoms with E-state index < -0.39 is 0 Å². The molecule has 0 radical (unpaired) electrons. The molecule has 0 aliphatic heterocycles. The van der Waals surface area contributed by atoms with Crippen LogP contribution in [0.2, 0.25) is 0 Å². The molecule has 0 fully saturated rings. The van der Waals surface area contributed by atoms with Gasteiger partial charge < -0.3 is 15.8 Å². The summed E-state index contributed by atoms with van der Waals surface area (Å²) >= 11 is 0. The zero-order valence-corrected chi connectivity index (χ0v) is 11.3. The van der Waals surface area contributed by atoms with E-state index in [-0.39, 0.29) is 6.04 Å². The molecule has 17 heavy (non-hydrogen) atoms. The Balaban J connectivity index is 2.55. The molecule has 0 aromatic heterocycles. The lowest BCUT2D eigenvalue weighted by molar-refractivity contribution is 0.408. The van der Waals surface area contributed by atoms with Crippen LogP contribution in [-0.4, -0.2) is 19.7 Å². The molecule has 1 rings (SSSR count). The van der Waals surface area contributed by atoms with Crippen molar-refractivity contribution < 1.29 is 4.74 Å². The van der Waals surface area contributed by atoms with Crippen molar-refractivity contribution in [2.45, 2.75) is 39.7 Å². The van der Waals surface area contributed by atoms with E-state index in [0.29, 0.717) is 0 Å². The van der Waals surface area contributed by atoms with E-state index in [1.807, 2.05) is 6.92 Å². The molecule has 1 unspecified atom stereocenters. The highest BCUT2D eigenvalue weighted by Crippen LogP contribution is 2.26. The van der Waals surface area contributed by atoms with E-state index >= 15 is 0 Å². The number of aryl methyl sites for hydroxylation is 2. The normalized spacial score (nSPS) is 12.3. The maximum Gasteiger partial charge on any atom is 0.124 e. The van der Waals surface area contributed by atoms with Crippen LogP contribution in [0.4, 0.5) is 5.69 Å².